The predicted molar refractivity (Wildman–Crippen MR) is 111 cm³/mol. The van der Waals surface area contributed by atoms with Crippen molar-refractivity contribution >= 4 is 29.0 Å². The molecule has 2 aromatic heterocycles. The van der Waals surface area contributed by atoms with Crippen LogP contribution in [0.25, 0.3) is 11.3 Å². The highest BCUT2D eigenvalue weighted by molar-refractivity contribution is 6.20. The molecule has 3 heterocycles. The molecule has 2 atom stereocenters. The number of amides is 1. The van der Waals surface area contributed by atoms with Crippen LogP contribution in [0.5, 0.6) is 5.75 Å². The first-order chi connectivity index (χ1) is 15.2. The number of carbonyl (C=O) groups excluding carboxylic acids is 1. The van der Waals surface area contributed by atoms with E-state index in [1.54, 1.807) is 17.0 Å². The number of anilines is 2. The second-order valence-electron chi connectivity index (χ2n) is 7.08. The molecule has 1 aliphatic heterocycles. The number of nitrogens with zero attached hydrogens (tertiary/aromatic N) is 3. The molecule has 0 unspecified atom stereocenters. The number of aliphatic hydroxyl groups is 1. The van der Waals surface area contributed by atoms with Crippen LogP contribution in [0.1, 0.15) is 10.4 Å². The average Bonchev–Trinajstić information content (AvgIpc) is 3.38. The van der Waals surface area contributed by atoms with E-state index in [1.807, 2.05) is 0 Å². The molecule has 1 aromatic carbocycles. The van der Waals surface area contributed by atoms with Gasteiger partial charge in [-0.05, 0) is 36.4 Å². The minimum atomic E-state index is -3.84. The molecule has 168 valence electrons. The minimum absolute atomic E-state index is 0.0311. The number of rotatable bonds is 6. The average molecular weight is 468 g/mol. The van der Waals surface area contributed by atoms with Crippen LogP contribution in [0, 0.1) is 0 Å². The summed E-state index contributed by atoms with van der Waals surface area (Å²) in [6.07, 6.45) is 0.324. The number of H-pyrrole nitrogens is 1. The largest absolute Gasteiger partial charge is 0.487 e. The summed E-state index contributed by atoms with van der Waals surface area (Å²) < 4.78 is 43.5. The van der Waals surface area contributed by atoms with Gasteiger partial charge >= 0.3 is 5.57 Å². The molecule has 3 aromatic rings. The molecule has 8 nitrogen and oxygen atoms in total. The third-order valence-corrected chi connectivity index (χ3v) is 4.86. The molecule has 1 fully saturated rings. The van der Waals surface area contributed by atoms with Crippen molar-refractivity contribution in [3.63, 3.8) is 0 Å². The lowest BCUT2D eigenvalue weighted by Crippen LogP contribution is -2.23. The number of halogens is 4. The van der Waals surface area contributed by atoms with E-state index in [9.17, 15) is 23.1 Å². The summed E-state index contributed by atoms with van der Waals surface area (Å²) in [5.74, 6) is -0.283. The van der Waals surface area contributed by atoms with Crippen molar-refractivity contribution in [1.29, 1.82) is 0 Å². The van der Waals surface area contributed by atoms with Crippen molar-refractivity contribution < 1.29 is 27.8 Å². The smallest absolute Gasteiger partial charge is 0.420 e. The first-order valence-electron chi connectivity index (χ1n) is 9.43. The fourth-order valence-electron chi connectivity index (χ4n) is 3.30. The highest BCUT2D eigenvalue weighted by atomic mass is 35.5. The number of pyridine rings is 1. The Bertz CT molecular complexity index is 1080. The number of ether oxygens (including phenoxy) is 1. The van der Waals surface area contributed by atoms with Crippen molar-refractivity contribution in [2.24, 2.45) is 0 Å². The third kappa shape index (κ3) is 4.94. The first kappa shape index (κ1) is 21.9. The fourth-order valence-corrected chi connectivity index (χ4v) is 3.39. The van der Waals surface area contributed by atoms with E-state index >= 15 is 0 Å². The first-order valence-corrected chi connectivity index (χ1v) is 9.81. The summed E-state index contributed by atoms with van der Waals surface area (Å²) >= 11 is 4.73. The van der Waals surface area contributed by atoms with Gasteiger partial charge in [0.05, 0.1) is 17.8 Å². The van der Waals surface area contributed by atoms with Gasteiger partial charge < -0.3 is 20.1 Å². The zero-order valence-electron chi connectivity index (χ0n) is 16.3. The molecule has 1 amide bonds. The molecule has 12 heteroatoms. The Morgan fingerprint density at radius 1 is 1.28 bits per heavy atom. The van der Waals surface area contributed by atoms with Gasteiger partial charge in [0.2, 0.25) is 0 Å². The molecule has 0 radical (unpaired) electrons. The van der Waals surface area contributed by atoms with Crippen LogP contribution in [0.2, 0.25) is 0 Å². The number of aromatic amines is 1. The lowest BCUT2D eigenvalue weighted by molar-refractivity contribution is -0.0964. The Kier molecular flexibility index (Phi) is 5.94. The monoisotopic (exact) mass is 467 g/mol. The van der Waals surface area contributed by atoms with Gasteiger partial charge in [-0.25, -0.2) is 9.37 Å². The van der Waals surface area contributed by atoms with Crippen molar-refractivity contribution in [1.82, 2.24) is 15.2 Å². The number of benzene rings is 1. The van der Waals surface area contributed by atoms with Gasteiger partial charge in [0.25, 0.3) is 5.91 Å². The van der Waals surface area contributed by atoms with Crippen LogP contribution in [0.4, 0.5) is 24.7 Å². The van der Waals surface area contributed by atoms with E-state index in [1.165, 1.54) is 36.7 Å². The number of alkyl halides is 4. The summed E-state index contributed by atoms with van der Waals surface area (Å²) in [6, 6.07) is 8.45. The molecule has 1 saturated heterocycles. The maximum absolute atomic E-state index is 13.8. The number of aromatic nitrogens is 3. The van der Waals surface area contributed by atoms with E-state index in [2.05, 4.69) is 25.2 Å². The van der Waals surface area contributed by atoms with Gasteiger partial charge in [-0.3, -0.25) is 9.89 Å². The molecule has 4 rings (SSSR count). The number of aliphatic hydroxyl groups excluding tert-OH is 1. The molecular formula is C20H17ClF3N5O3. The van der Waals surface area contributed by atoms with E-state index in [0.717, 1.165) is 0 Å². The second-order valence-corrected chi connectivity index (χ2v) is 7.52. The van der Waals surface area contributed by atoms with Crippen LogP contribution in [-0.4, -0.2) is 57.1 Å². The van der Waals surface area contributed by atoms with E-state index in [-0.39, 0.29) is 24.4 Å². The van der Waals surface area contributed by atoms with Crippen molar-refractivity contribution in [2.75, 3.05) is 23.3 Å². The lowest BCUT2D eigenvalue weighted by Gasteiger charge is -2.20. The maximum atomic E-state index is 13.8. The second kappa shape index (κ2) is 8.67. The molecular weight excluding hydrogens is 451 g/mol. The number of nitrogens with one attached hydrogen (secondary N) is 2. The number of carbonyl (C=O) groups is 1. The lowest BCUT2D eigenvalue weighted by atomic mass is 10.1. The van der Waals surface area contributed by atoms with E-state index in [0.29, 0.717) is 22.8 Å². The van der Waals surface area contributed by atoms with Crippen LogP contribution < -0.4 is 15.0 Å². The van der Waals surface area contributed by atoms with Crippen LogP contribution in [0.3, 0.4) is 0 Å². The highest BCUT2D eigenvalue weighted by Crippen LogP contribution is 2.32. The number of hydrogen-bond acceptors (Lipinski definition) is 6. The number of β-amino-alcohol motifs (C(OH)–C–C–N with tert-alkyl or cyclic N) is 1. The molecule has 0 spiro atoms. The standard InChI is InChI=1S/C20H17ClF3N5O3/c21-20(23,24)32-13-3-1-12(2-4-13)27-19(31)11-7-14(16-5-6-26-28-16)18(25-8-11)29-9-15(22)17(30)10-29/h1-8,15,17,30H,9-10H2,(H,26,28)(H,27,31)/t15-,17-/m1/s1. The van der Waals surface area contributed by atoms with Crippen LogP contribution in [-0.2, 0) is 0 Å². The summed E-state index contributed by atoms with van der Waals surface area (Å²) in [5, 5.41) is 19.1. The molecule has 0 aliphatic carbocycles. The Labute approximate surface area is 185 Å². The Morgan fingerprint density at radius 2 is 2.03 bits per heavy atom. The van der Waals surface area contributed by atoms with Crippen LogP contribution in [0.15, 0.2) is 48.8 Å². The molecule has 32 heavy (non-hydrogen) atoms. The van der Waals surface area contributed by atoms with Crippen LogP contribution >= 0.6 is 11.6 Å². The maximum Gasteiger partial charge on any atom is 0.487 e. The van der Waals surface area contributed by atoms with Gasteiger partial charge in [-0.2, -0.15) is 5.10 Å². The molecule has 0 saturated carbocycles. The van der Waals surface area contributed by atoms with Gasteiger partial charge in [0.15, 0.2) is 0 Å². The fraction of sp³-hybridized carbons (Fsp3) is 0.250. The van der Waals surface area contributed by atoms with Crippen molar-refractivity contribution in [3.8, 4) is 17.0 Å². The van der Waals surface area contributed by atoms with Gasteiger partial charge in [0, 0.05) is 41.8 Å². The minimum Gasteiger partial charge on any atom is -0.420 e. The van der Waals surface area contributed by atoms with Crippen molar-refractivity contribution in [2.45, 2.75) is 17.8 Å². The number of hydrogen-bond donors (Lipinski definition) is 3. The summed E-state index contributed by atoms with van der Waals surface area (Å²) in [4.78, 5) is 18.6. The van der Waals surface area contributed by atoms with Gasteiger partial charge in [0.1, 0.15) is 23.8 Å². The SMILES string of the molecule is O=C(Nc1ccc(OC(F)(F)Cl)cc1)c1cnc(N2C[C@@H](O)[C@H](F)C2)c(-c2ccn[nH]2)c1. The Hall–Kier alpha value is -3.31. The normalized spacial score (nSPS) is 18.6. The summed E-state index contributed by atoms with van der Waals surface area (Å²) in [6.45, 7) is 0.0349. The highest BCUT2D eigenvalue weighted by Gasteiger charge is 2.33. The Morgan fingerprint density at radius 3 is 2.62 bits per heavy atom. The summed E-state index contributed by atoms with van der Waals surface area (Å²) in [5.41, 5.74) is -2.25. The van der Waals surface area contributed by atoms with Crippen molar-refractivity contribution in [3.05, 3.63) is 54.4 Å². The molecule has 3 N–H and O–H groups in total. The molecule has 1 aliphatic rings. The summed E-state index contributed by atoms with van der Waals surface area (Å²) in [7, 11) is 0. The Balaban J connectivity index is 1.56. The zero-order chi connectivity index (χ0) is 22.9. The zero-order valence-corrected chi connectivity index (χ0v) is 17.1. The van der Waals surface area contributed by atoms with Gasteiger partial charge in [-0.1, -0.05) is 0 Å². The third-order valence-electron chi connectivity index (χ3n) is 4.78. The molecule has 0 bridgehead atoms. The van der Waals surface area contributed by atoms with E-state index < -0.39 is 23.8 Å². The topological polar surface area (TPSA) is 103 Å². The van der Waals surface area contributed by atoms with Gasteiger partial charge in [-0.15, -0.1) is 8.78 Å². The predicted octanol–water partition coefficient (Wildman–Crippen LogP) is 3.41. The quantitative estimate of drug-likeness (QED) is 0.480. The van der Waals surface area contributed by atoms with E-state index in [4.69, 9.17) is 11.6 Å².